The molecule has 1 aromatic carbocycles. The average Bonchev–Trinajstić information content (AvgIpc) is 2.15. The molecule has 0 aliphatic carbocycles. The Kier molecular flexibility index (Phi) is 3.37. The van der Waals surface area contributed by atoms with Gasteiger partial charge in [0.15, 0.2) is 0 Å². The zero-order chi connectivity index (χ0) is 8.81. The van der Waals surface area contributed by atoms with Gasteiger partial charge in [-0.3, -0.25) is 5.32 Å². The summed E-state index contributed by atoms with van der Waals surface area (Å²) in [6, 6.07) is 10.6. The van der Waals surface area contributed by atoms with Crippen LogP contribution in [0.3, 0.4) is 0 Å². The minimum Gasteiger partial charge on any atom is -0.300 e. The summed E-state index contributed by atoms with van der Waals surface area (Å²) in [4.78, 5) is 0. The summed E-state index contributed by atoms with van der Waals surface area (Å²) >= 11 is 0. The van der Waals surface area contributed by atoms with E-state index in [-0.39, 0.29) is 0 Å². The Morgan fingerprint density at radius 3 is 2.67 bits per heavy atom. The molecule has 0 radical (unpaired) electrons. The van der Waals surface area contributed by atoms with Crippen molar-refractivity contribution >= 4 is 0 Å². The Morgan fingerprint density at radius 1 is 1.42 bits per heavy atom. The summed E-state index contributed by atoms with van der Waals surface area (Å²) < 4.78 is 0. The van der Waals surface area contributed by atoms with E-state index >= 15 is 0 Å². The SMILES string of the molecule is C#CCNC(C)c1ccccc1. The molecule has 0 bridgehead atoms. The minimum atomic E-state index is 0.335. The van der Waals surface area contributed by atoms with Gasteiger partial charge in [-0.15, -0.1) is 6.42 Å². The molecule has 0 aromatic heterocycles. The van der Waals surface area contributed by atoms with E-state index in [1.807, 2.05) is 18.2 Å². The van der Waals surface area contributed by atoms with Crippen molar-refractivity contribution in [3.63, 3.8) is 0 Å². The Labute approximate surface area is 73.8 Å². The summed E-state index contributed by atoms with van der Waals surface area (Å²) in [5, 5.41) is 3.21. The smallest absolute Gasteiger partial charge is 0.0578 e. The van der Waals surface area contributed by atoms with Crippen LogP contribution < -0.4 is 5.32 Å². The molecular formula is C11H13N. The van der Waals surface area contributed by atoms with E-state index in [9.17, 15) is 0 Å². The molecule has 0 amide bonds. The van der Waals surface area contributed by atoms with E-state index in [2.05, 4.69) is 30.3 Å². The number of benzene rings is 1. The second-order valence-electron chi connectivity index (χ2n) is 2.72. The van der Waals surface area contributed by atoms with E-state index in [0.717, 1.165) is 0 Å². The third-order valence-corrected chi connectivity index (χ3v) is 1.81. The quantitative estimate of drug-likeness (QED) is 0.665. The lowest BCUT2D eigenvalue weighted by Gasteiger charge is -2.11. The number of rotatable bonds is 3. The van der Waals surface area contributed by atoms with Gasteiger partial charge in [0.25, 0.3) is 0 Å². The van der Waals surface area contributed by atoms with Gasteiger partial charge in [0, 0.05) is 6.04 Å². The Bertz CT molecular complexity index is 258. The average molecular weight is 159 g/mol. The van der Waals surface area contributed by atoms with E-state index in [4.69, 9.17) is 6.42 Å². The van der Waals surface area contributed by atoms with Gasteiger partial charge < -0.3 is 0 Å². The van der Waals surface area contributed by atoms with Crippen LogP contribution in [0.15, 0.2) is 30.3 Å². The molecule has 0 saturated heterocycles. The lowest BCUT2D eigenvalue weighted by Crippen LogP contribution is -2.18. The van der Waals surface area contributed by atoms with Crippen molar-refractivity contribution in [2.45, 2.75) is 13.0 Å². The molecule has 0 heterocycles. The first-order valence-electron chi connectivity index (χ1n) is 4.06. The van der Waals surface area contributed by atoms with Gasteiger partial charge >= 0.3 is 0 Å². The highest BCUT2D eigenvalue weighted by molar-refractivity contribution is 5.18. The van der Waals surface area contributed by atoms with Gasteiger partial charge in [-0.1, -0.05) is 36.3 Å². The summed E-state index contributed by atoms with van der Waals surface area (Å²) in [5.41, 5.74) is 1.27. The molecular weight excluding hydrogens is 146 g/mol. The number of hydrogen-bond acceptors (Lipinski definition) is 1. The normalized spacial score (nSPS) is 12.0. The fraction of sp³-hybridized carbons (Fsp3) is 0.273. The molecule has 0 aliphatic rings. The lowest BCUT2D eigenvalue weighted by molar-refractivity contribution is 0.623. The molecule has 1 heteroatoms. The Hall–Kier alpha value is -1.26. The fourth-order valence-corrected chi connectivity index (χ4v) is 1.07. The van der Waals surface area contributed by atoms with Gasteiger partial charge in [0.05, 0.1) is 6.54 Å². The van der Waals surface area contributed by atoms with Crippen molar-refractivity contribution < 1.29 is 0 Å². The summed E-state index contributed by atoms with van der Waals surface area (Å²) in [6.07, 6.45) is 5.14. The maximum absolute atomic E-state index is 5.14. The molecule has 62 valence electrons. The van der Waals surface area contributed by atoms with Crippen LogP contribution in [0.2, 0.25) is 0 Å². The molecule has 0 aliphatic heterocycles. The second-order valence-corrected chi connectivity index (χ2v) is 2.72. The van der Waals surface area contributed by atoms with Crippen LogP contribution in [-0.4, -0.2) is 6.54 Å². The molecule has 0 fully saturated rings. The molecule has 1 N–H and O–H groups in total. The Morgan fingerprint density at radius 2 is 2.08 bits per heavy atom. The van der Waals surface area contributed by atoms with Crippen LogP contribution in [-0.2, 0) is 0 Å². The molecule has 12 heavy (non-hydrogen) atoms. The summed E-state index contributed by atoms with van der Waals surface area (Å²) in [6.45, 7) is 2.72. The molecule has 1 atom stereocenters. The molecule has 1 unspecified atom stereocenters. The van der Waals surface area contributed by atoms with E-state index in [1.165, 1.54) is 5.56 Å². The van der Waals surface area contributed by atoms with Crippen LogP contribution in [0, 0.1) is 12.3 Å². The predicted octanol–water partition coefficient (Wildman–Crippen LogP) is 1.97. The van der Waals surface area contributed by atoms with Gasteiger partial charge in [-0.05, 0) is 12.5 Å². The van der Waals surface area contributed by atoms with Crippen molar-refractivity contribution in [3.05, 3.63) is 35.9 Å². The van der Waals surface area contributed by atoms with Crippen LogP contribution in [0.25, 0.3) is 0 Å². The van der Waals surface area contributed by atoms with E-state index in [1.54, 1.807) is 0 Å². The zero-order valence-electron chi connectivity index (χ0n) is 7.25. The van der Waals surface area contributed by atoms with Crippen LogP contribution in [0.4, 0.5) is 0 Å². The molecule has 1 aromatic rings. The van der Waals surface area contributed by atoms with Crippen molar-refractivity contribution in [1.29, 1.82) is 0 Å². The number of terminal acetylenes is 1. The van der Waals surface area contributed by atoms with Crippen LogP contribution in [0.5, 0.6) is 0 Å². The molecule has 1 nitrogen and oxygen atoms in total. The topological polar surface area (TPSA) is 12.0 Å². The third-order valence-electron chi connectivity index (χ3n) is 1.81. The maximum atomic E-state index is 5.14. The van der Waals surface area contributed by atoms with Gasteiger partial charge in [0.1, 0.15) is 0 Å². The van der Waals surface area contributed by atoms with Gasteiger partial charge in [-0.25, -0.2) is 0 Å². The van der Waals surface area contributed by atoms with Crippen molar-refractivity contribution in [2.75, 3.05) is 6.54 Å². The molecule has 0 saturated carbocycles. The second kappa shape index (κ2) is 4.58. The zero-order valence-corrected chi connectivity index (χ0v) is 7.25. The number of nitrogens with one attached hydrogen (secondary N) is 1. The largest absolute Gasteiger partial charge is 0.300 e. The molecule has 0 spiro atoms. The van der Waals surface area contributed by atoms with Gasteiger partial charge in [-0.2, -0.15) is 0 Å². The standard InChI is InChI=1S/C11H13N/c1-3-9-12-10(2)11-7-5-4-6-8-11/h1,4-8,10,12H,9H2,2H3. The third kappa shape index (κ3) is 2.41. The summed E-state index contributed by atoms with van der Waals surface area (Å²) in [7, 11) is 0. The lowest BCUT2D eigenvalue weighted by atomic mass is 10.1. The minimum absolute atomic E-state index is 0.335. The molecule has 1 rings (SSSR count). The number of hydrogen-bond donors (Lipinski definition) is 1. The first kappa shape index (κ1) is 8.83. The van der Waals surface area contributed by atoms with E-state index < -0.39 is 0 Å². The summed E-state index contributed by atoms with van der Waals surface area (Å²) in [5.74, 6) is 2.56. The van der Waals surface area contributed by atoms with Crippen molar-refractivity contribution in [2.24, 2.45) is 0 Å². The van der Waals surface area contributed by atoms with Crippen molar-refractivity contribution in [3.8, 4) is 12.3 Å². The van der Waals surface area contributed by atoms with Crippen molar-refractivity contribution in [1.82, 2.24) is 5.32 Å². The Balaban J connectivity index is 2.55. The van der Waals surface area contributed by atoms with E-state index in [0.29, 0.717) is 12.6 Å². The first-order chi connectivity index (χ1) is 5.84. The van der Waals surface area contributed by atoms with Crippen LogP contribution >= 0.6 is 0 Å². The first-order valence-corrected chi connectivity index (χ1v) is 4.06. The van der Waals surface area contributed by atoms with Crippen LogP contribution in [0.1, 0.15) is 18.5 Å². The van der Waals surface area contributed by atoms with Gasteiger partial charge in [0.2, 0.25) is 0 Å². The highest BCUT2D eigenvalue weighted by Gasteiger charge is 2.00. The predicted molar refractivity (Wildman–Crippen MR) is 51.7 cm³/mol. The highest BCUT2D eigenvalue weighted by Crippen LogP contribution is 2.09. The maximum Gasteiger partial charge on any atom is 0.0578 e. The fourth-order valence-electron chi connectivity index (χ4n) is 1.07. The monoisotopic (exact) mass is 159 g/mol. The highest BCUT2D eigenvalue weighted by atomic mass is 14.9.